The highest BCUT2D eigenvalue weighted by Gasteiger charge is 2.15. The third-order valence-electron chi connectivity index (χ3n) is 3.42. The highest BCUT2D eigenvalue weighted by Crippen LogP contribution is 2.26. The van der Waals surface area contributed by atoms with Crippen LogP contribution in [0.5, 0.6) is 0 Å². The van der Waals surface area contributed by atoms with Crippen molar-refractivity contribution >= 4 is 40.1 Å². The molecule has 0 spiro atoms. The Morgan fingerprint density at radius 1 is 1.17 bits per heavy atom. The Kier molecular flexibility index (Phi) is 3.48. The Balaban J connectivity index is 1.72. The first-order valence-corrected chi connectivity index (χ1v) is 8.11. The molecule has 4 rings (SSSR count). The van der Waals surface area contributed by atoms with Crippen LogP contribution in [0, 0.1) is 6.92 Å². The van der Waals surface area contributed by atoms with Crippen molar-refractivity contribution in [3.05, 3.63) is 57.9 Å². The predicted octanol–water partition coefficient (Wildman–Crippen LogP) is 4.58. The van der Waals surface area contributed by atoms with E-state index in [2.05, 4.69) is 15.3 Å². The number of nitrogens with zero attached hydrogens (tertiary/aromatic N) is 4. The molecule has 5 nitrogen and oxygen atoms in total. The van der Waals surface area contributed by atoms with Crippen molar-refractivity contribution in [2.45, 2.75) is 6.92 Å². The molecule has 0 saturated heterocycles. The van der Waals surface area contributed by atoms with Crippen molar-refractivity contribution in [2.75, 3.05) is 0 Å². The lowest BCUT2D eigenvalue weighted by atomic mass is 10.2. The van der Waals surface area contributed by atoms with Gasteiger partial charge in [0.1, 0.15) is 10.8 Å². The highest BCUT2D eigenvalue weighted by molar-refractivity contribution is 7.17. The Labute approximate surface area is 140 Å². The third-order valence-corrected chi connectivity index (χ3v) is 4.63. The Hall–Kier alpha value is -2.44. The summed E-state index contributed by atoms with van der Waals surface area (Å²) in [5, 5.41) is 14.5. The van der Waals surface area contributed by atoms with Crippen molar-refractivity contribution in [1.82, 2.24) is 19.8 Å². The van der Waals surface area contributed by atoms with Gasteiger partial charge in [0.25, 0.3) is 0 Å². The molecule has 23 heavy (non-hydrogen) atoms. The number of hydrogen-bond donors (Lipinski definition) is 0. The van der Waals surface area contributed by atoms with Crippen LogP contribution in [0.1, 0.15) is 16.3 Å². The van der Waals surface area contributed by atoms with E-state index in [1.807, 2.05) is 49.4 Å². The number of furan rings is 1. The van der Waals surface area contributed by atoms with Crippen LogP contribution in [0.4, 0.5) is 0 Å². The van der Waals surface area contributed by atoms with Crippen LogP contribution in [0.3, 0.4) is 0 Å². The van der Waals surface area contributed by atoms with Gasteiger partial charge in [-0.05, 0) is 30.7 Å². The second-order valence-electron chi connectivity index (χ2n) is 4.90. The lowest BCUT2D eigenvalue weighted by Crippen LogP contribution is -1.90. The van der Waals surface area contributed by atoms with E-state index in [4.69, 9.17) is 16.0 Å². The monoisotopic (exact) mass is 342 g/mol. The molecule has 0 radical (unpaired) electrons. The SMILES string of the molecule is Cc1occc1-c1nnc2sc(/C=C/c3ccccc3Cl)nn12. The van der Waals surface area contributed by atoms with Crippen molar-refractivity contribution in [3.8, 4) is 11.4 Å². The molecule has 0 atom stereocenters. The number of aromatic nitrogens is 4. The van der Waals surface area contributed by atoms with E-state index in [0.717, 1.165) is 26.9 Å². The largest absolute Gasteiger partial charge is 0.469 e. The lowest BCUT2D eigenvalue weighted by molar-refractivity contribution is 0.535. The Morgan fingerprint density at radius 3 is 2.83 bits per heavy atom. The van der Waals surface area contributed by atoms with E-state index in [1.165, 1.54) is 11.3 Å². The Morgan fingerprint density at radius 2 is 2.04 bits per heavy atom. The van der Waals surface area contributed by atoms with Gasteiger partial charge in [-0.2, -0.15) is 9.61 Å². The molecule has 0 unspecified atom stereocenters. The van der Waals surface area contributed by atoms with E-state index in [9.17, 15) is 0 Å². The zero-order valence-electron chi connectivity index (χ0n) is 12.1. The van der Waals surface area contributed by atoms with Crippen LogP contribution < -0.4 is 0 Å². The summed E-state index contributed by atoms with van der Waals surface area (Å²) in [6.45, 7) is 1.89. The van der Waals surface area contributed by atoms with Crippen LogP contribution >= 0.6 is 22.9 Å². The third kappa shape index (κ3) is 2.56. The van der Waals surface area contributed by atoms with Crippen LogP contribution in [-0.4, -0.2) is 19.8 Å². The van der Waals surface area contributed by atoms with Crippen LogP contribution in [0.25, 0.3) is 28.5 Å². The number of hydrogen-bond acceptors (Lipinski definition) is 5. The molecule has 1 aromatic carbocycles. The van der Waals surface area contributed by atoms with Crippen molar-refractivity contribution in [3.63, 3.8) is 0 Å². The molecule has 0 fully saturated rings. The molecule has 0 saturated carbocycles. The number of halogens is 1. The van der Waals surface area contributed by atoms with Gasteiger partial charge in [0.2, 0.25) is 4.96 Å². The summed E-state index contributed by atoms with van der Waals surface area (Å²) < 4.78 is 7.06. The summed E-state index contributed by atoms with van der Waals surface area (Å²) >= 11 is 7.62. The number of rotatable bonds is 3. The van der Waals surface area contributed by atoms with Gasteiger partial charge in [-0.15, -0.1) is 10.2 Å². The minimum atomic E-state index is 0.680. The maximum Gasteiger partial charge on any atom is 0.235 e. The Bertz CT molecular complexity index is 1010. The van der Waals surface area contributed by atoms with Gasteiger partial charge in [-0.1, -0.05) is 47.2 Å². The van der Waals surface area contributed by atoms with Gasteiger partial charge in [0, 0.05) is 5.02 Å². The van der Waals surface area contributed by atoms with Gasteiger partial charge in [-0.25, -0.2) is 0 Å². The topological polar surface area (TPSA) is 56.2 Å². The normalized spacial score (nSPS) is 11.7. The van der Waals surface area contributed by atoms with Crippen molar-refractivity contribution < 1.29 is 4.42 Å². The van der Waals surface area contributed by atoms with Gasteiger partial charge in [-0.3, -0.25) is 0 Å². The van der Waals surface area contributed by atoms with Gasteiger partial charge >= 0.3 is 0 Å². The molecule has 0 aliphatic heterocycles. The van der Waals surface area contributed by atoms with E-state index in [0.29, 0.717) is 10.8 Å². The first-order valence-electron chi connectivity index (χ1n) is 6.92. The zero-order valence-corrected chi connectivity index (χ0v) is 13.7. The molecular weight excluding hydrogens is 332 g/mol. The summed E-state index contributed by atoms with van der Waals surface area (Å²) in [5.41, 5.74) is 1.84. The van der Waals surface area contributed by atoms with E-state index < -0.39 is 0 Å². The van der Waals surface area contributed by atoms with Gasteiger partial charge in [0.15, 0.2) is 5.82 Å². The fourth-order valence-corrected chi connectivity index (χ4v) is 3.20. The van der Waals surface area contributed by atoms with Crippen molar-refractivity contribution in [1.29, 1.82) is 0 Å². The second-order valence-corrected chi connectivity index (χ2v) is 6.30. The summed E-state index contributed by atoms with van der Waals surface area (Å²) in [6.07, 6.45) is 5.50. The first-order chi connectivity index (χ1) is 11.2. The molecule has 114 valence electrons. The maximum absolute atomic E-state index is 6.15. The smallest absolute Gasteiger partial charge is 0.235 e. The fourth-order valence-electron chi connectivity index (χ4n) is 2.26. The fraction of sp³-hybridized carbons (Fsp3) is 0.0625. The zero-order chi connectivity index (χ0) is 15.8. The number of benzene rings is 1. The standard InChI is InChI=1S/C16H11ClN4OS/c1-10-12(8-9-22-10)15-18-19-16-21(15)20-14(23-16)7-6-11-4-2-3-5-13(11)17/h2-9H,1H3/b7-6+. The summed E-state index contributed by atoms with van der Waals surface area (Å²) in [7, 11) is 0. The van der Waals surface area contributed by atoms with Crippen LogP contribution in [0.15, 0.2) is 41.0 Å². The van der Waals surface area contributed by atoms with Gasteiger partial charge in [0.05, 0.1) is 11.8 Å². The van der Waals surface area contributed by atoms with E-state index >= 15 is 0 Å². The molecule has 0 aliphatic rings. The van der Waals surface area contributed by atoms with Crippen molar-refractivity contribution in [2.24, 2.45) is 0 Å². The minimum Gasteiger partial charge on any atom is -0.469 e. The molecular formula is C16H11ClN4OS. The average molecular weight is 343 g/mol. The average Bonchev–Trinajstić information content (AvgIpc) is 3.22. The molecule has 0 aliphatic carbocycles. The second kappa shape index (κ2) is 5.64. The molecule has 0 bridgehead atoms. The summed E-state index contributed by atoms with van der Waals surface area (Å²) in [5.74, 6) is 1.47. The lowest BCUT2D eigenvalue weighted by Gasteiger charge is -1.95. The first kappa shape index (κ1) is 14.2. The highest BCUT2D eigenvalue weighted by atomic mass is 35.5. The quantitative estimate of drug-likeness (QED) is 0.547. The summed E-state index contributed by atoms with van der Waals surface area (Å²) in [4.78, 5) is 0.736. The minimum absolute atomic E-state index is 0.680. The van der Waals surface area contributed by atoms with E-state index in [1.54, 1.807) is 10.8 Å². The molecule has 0 amide bonds. The van der Waals surface area contributed by atoms with Crippen LogP contribution in [0.2, 0.25) is 5.02 Å². The molecule has 7 heteroatoms. The van der Waals surface area contributed by atoms with E-state index in [-0.39, 0.29) is 0 Å². The number of aryl methyl sites for hydroxylation is 1. The maximum atomic E-state index is 6.15. The number of fused-ring (bicyclic) bond motifs is 1. The molecule has 3 aromatic heterocycles. The summed E-state index contributed by atoms with van der Waals surface area (Å²) in [6, 6.07) is 9.54. The molecule has 4 aromatic rings. The molecule has 0 N–H and O–H groups in total. The van der Waals surface area contributed by atoms with Gasteiger partial charge < -0.3 is 4.42 Å². The van der Waals surface area contributed by atoms with Crippen LogP contribution in [-0.2, 0) is 0 Å². The molecule has 3 heterocycles. The predicted molar refractivity (Wildman–Crippen MR) is 91.5 cm³/mol.